The highest BCUT2D eigenvalue weighted by Crippen LogP contribution is 2.25. The van der Waals surface area contributed by atoms with Gasteiger partial charge in [-0.2, -0.15) is 0 Å². The number of esters is 1. The lowest BCUT2D eigenvalue weighted by Crippen LogP contribution is -2.12. The van der Waals surface area contributed by atoms with Gasteiger partial charge in [-0.05, 0) is 36.4 Å². The van der Waals surface area contributed by atoms with Crippen LogP contribution in [-0.2, 0) is 11.2 Å². The van der Waals surface area contributed by atoms with E-state index in [1.807, 2.05) is 18.2 Å². The Morgan fingerprint density at radius 1 is 0.731 bits per heavy atom. The van der Waals surface area contributed by atoms with Crippen molar-refractivity contribution in [2.24, 2.45) is 0 Å². The van der Waals surface area contributed by atoms with E-state index in [-0.39, 0.29) is 12.2 Å². The van der Waals surface area contributed by atoms with Crippen LogP contribution in [0.5, 0.6) is 5.75 Å². The molecule has 0 radical (unpaired) electrons. The highest BCUT2D eigenvalue weighted by molar-refractivity contribution is 6.36. The van der Waals surface area contributed by atoms with E-state index in [2.05, 4.69) is 0 Å². The normalized spacial score (nSPS) is 10.4. The summed E-state index contributed by atoms with van der Waals surface area (Å²) >= 11 is 12.1. The predicted octanol–water partition coefficient (Wildman–Crippen LogP) is 5.37. The second-order valence-electron chi connectivity index (χ2n) is 5.57. The van der Waals surface area contributed by atoms with Gasteiger partial charge in [0.15, 0.2) is 5.78 Å². The maximum absolute atomic E-state index is 12.4. The molecule has 3 aromatic carbocycles. The SMILES string of the molecule is O=C(Cc1c(Cl)cccc1Cl)Oc1ccc(C(=O)c2ccccc2)cc1. The Hall–Kier alpha value is -2.62. The minimum Gasteiger partial charge on any atom is -0.426 e. The third-order valence-corrected chi connectivity index (χ3v) is 4.48. The third-order valence-electron chi connectivity index (χ3n) is 3.77. The zero-order valence-electron chi connectivity index (χ0n) is 13.6. The van der Waals surface area contributed by atoms with E-state index in [9.17, 15) is 9.59 Å². The molecule has 0 aliphatic rings. The summed E-state index contributed by atoms with van der Waals surface area (Å²) in [5, 5.41) is 0.830. The largest absolute Gasteiger partial charge is 0.426 e. The van der Waals surface area contributed by atoms with Crippen molar-refractivity contribution in [1.29, 1.82) is 0 Å². The Balaban J connectivity index is 1.68. The number of ketones is 1. The van der Waals surface area contributed by atoms with Crippen LogP contribution in [0, 0.1) is 0 Å². The molecule has 0 aromatic heterocycles. The first-order valence-electron chi connectivity index (χ1n) is 7.88. The van der Waals surface area contributed by atoms with E-state index in [1.165, 1.54) is 0 Å². The molecule has 0 aliphatic carbocycles. The van der Waals surface area contributed by atoms with Crippen molar-refractivity contribution in [1.82, 2.24) is 0 Å². The van der Waals surface area contributed by atoms with E-state index in [0.29, 0.717) is 32.5 Å². The van der Waals surface area contributed by atoms with Crippen LogP contribution in [0.15, 0.2) is 72.8 Å². The molecule has 0 atom stereocenters. The Kier molecular flexibility index (Phi) is 5.71. The lowest BCUT2D eigenvalue weighted by Gasteiger charge is -2.08. The molecular formula is C21H14Cl2O3. The van der Waals surface area contributed by atoms with Crippen molar-refractivity contribution in [2.75, 3.05) is 0 Å². The number of hydrogen-bond acceptors (Lipinski definition) is 3. The van der Waals surface area contributed by atoms with Crippen LogP contribution in [0.1, 0.15) is 21.5 Å². The summed E-state index contributed by atoms with van der Waals surface area (Å²) in [4.78, 5) is 24.5. The monoisotopic (exact) mass is 384 g/mol. The van der Waals surface area contributed by atoms with E-state index in [1.54, 1.807) is 54.6 Å². The molecule has 0 amide bonds. The van der Waals surface area contributed by atoms with Crippen LogP contribution in [0.2, 0.25) is 10.0 Å². The van der Waals surface area contributed by atoms with Gasteiger partial charge in [0.1, 0.15) is 5.75 Å². The first-order valence-corrected chi connectivity index (χ1v) is 8.63. The van der Waals surface area contributed by atoms with Crippen molar-refractivity contribution in [3.05, 3.63) is 99.5 Å². The van der Waals surface area contributed by atoms with E-state index >= 15 is 0 Å². The van der Waals surface area contributed by atoms with Crippen molar-refractivity contribution in [3.63, 3.8) is 0 Å². The number of halogens is 2. The zero-order valence-corrected chi connectivity index (χ0v) is 15.1. The third kappa shape index (κ3) is 4.31. The molecule has 0 saturated carbocycles. The smallest absolute Gasteiger partial charge is 0.315 e. The minimum absolute atomic E-state index is 0.0385. The minimum atomic E-state index is -0.484. The number of benzene rings is 3. The topological polar surface area (TPSA) is 43.4 Å². The maximum atomic E-state index is 12.4. The number of ether oxygens (including phenoxy) is 1. The Bertz CT molecular complexity index is 915. The van der Waals surface area contributed by atoms with Gasteiger partial charge in [-0.3, -0.25) is 9.59 Å². The summed E-state index contributed by atoms with van der Waals surface area (Å²) in [7, 11) is 0. The molecule has 0 unspecified atom stereocenters. The summed E-state index contributed by atoms with van der Waals surface area (Å²) < 4.78 is 5.30. The van der Waals surface area contributed by atoms with Gasteiger partial charge in [0, 0.05) is 26.7 Å². The standard InChI is InChI=1S/C21H14Cl2O3/c22-18-7-4-8-19(23)17(18)13-20(24)26-16-11-9-15(10-12-16)21(25)14-5-2-1-3-6-14/h1-12H,13H2. The molecular weight excluding hydrogens is 371 g/mol. The summed E-state index contributed by atoms with van der Waals surface area (Å²) in [6.45, 7) is 0. The van der Waals surface area contributed by atoms with E-state index in [0.717, 1.165) is 0 Å². The van der Waals surface area contributed by atoms with Gasteiger partial charge in [0.2, 0.25) is 0 Å². The molecule has 0 spiro atoms. The second-order valence-corrected chi connectivity index (χ2v) is 6.38. The highest BCUT2D eigenvalue weighted by atomic mass is 35.5. The average molecular weight is 385 g/mol. The molecule has 130 valence electrons. The maximum Gasteiger partial charge on any atom is 0.315 e. The van der Waals surface area contributed by atoms with Crippen molar-refractivity contribution < 1.29 is 14.3 Å². The summed E-state index contributed by atoms with van der Waals surface area (Å²) in [6.07, 6.45) is -0.0385. The lowest BCUT2D eigenvalue weighted by molar-refractivity contribution is -0.133. The summed E-state index contributed by atoms with van der Waals surface area (Å²) in [5.74, 6) is -0.226. The fourth-order valence-corrected chi connectivity index (χ4v) is 2.97. The quantitative estimate of drug-likeness (QED) is 0.337. The van der Waals surface area contributed by atoms with Crippen LogP contribution in [0.3, 0.4) is 0 Å². The molecule has 5 heteroatoms. The molecule has 3 nitrogen and oxygen atoms in total. The Morgan fingerprint density at radius 3 is 1.92 bits per heavy atom. The molecule has 3 aromatic rings. The van der Waals surface area contributed by atoms with Crippen LogP contribution in [0.4, 0.5) is 0 Å². The molecule has 0 N–H and O–H groups in total. The van der Waals surface area contributed by atoms with Crippen LogP contribution in [0.25, 0.3) is 0 Å². The number of rotatable bonds is 5. The lowest BCUT2D eigenvalue weighted by atomic mass is 10.0. The molecule has 3 rings (SSSR count). The van der Waals surface area contributed by atoms with Gasteiger partial charge in [0.25, 0.3) is 0 Å². The van der Waals surface area contributed by atoms with Crippen LogP contribution in [-0.4, -0.2) is 11.8 Å². The molecule has 26 heavy (non-hydrogen) atoms. The van der Waals surface area contributed by atoms with Crippen molar-refractivity contribution in [3.8, 4) is 5.75 Å². The number of carbonyl (C=O) groups is 2. The van der Waals surface area contributed by atoms with Crippen molar-refractivity contribution >= 4 is 35.0 Å². The average Bonchev–Trinajstić information content (AvgIpc) is 2.66. The van der Waals surface area contributed by atoms with Crippen molar-refractivity contribution in [2.45, 2.75) is 6.42 Å². The zero-order chi connectivity index (χ0) is 18.5. The van der Waals surface area contributed by atoms with Gasteiger partial charge in [-0.25, -0.2) is 0 Å². The van der Waals surface area contributed by atoms with E-state index in [4.69, 9.17) is 27.9 Å². The second kappa shape index (κ2) is 8.17. The summed E-state index contributed by atoms with van der Waals surface area (Å²) in [5.41, 5.74) is 1.65. The molecule has 0 bridgehead atoms. The fraction of sp³-hybridized carbons (Fsp3) is 0.0476. The van der Waals surface area contributed by atoms with Gasteiger partial charge >= 0.3 is 5.97 Å². The van der Waals surface area contributed by atoms with Crippen LogP contribution >= 0.6 is 23.2 Å². The Morgan fingerprint density at radius 2 is 1.31 bits per heavy atom. The van der Waals surface area contributed by atoms with Crippen LogP contribution < -0.4 is 4.74 Å². The first kappa shape index (κ1) is 18.2. The number of hydrogen-bond donors (Lipinski definition) is 0. The number of carbonyl (C=O) groups excluding carboxylic acids is 2. The van der Waals surface area contributed by atoms with Gasteiger partial charge in [0.05, 0.1) is 6.42 Å². The van der Waals surface area contributed by atoms with E-state index < -0.39 is 5.97 Å². The molecule has 0 saturated heterocycles. The fourth-order valence-electron chi connectivity index (χ4n) is 2.44. The van der Waals surface area contributed by atoms with Gasteiger partial charge < -0.3 is 4.74 Å². The first-order chi connectivity index (χ1) is 12.5. The van der Waals surface area contributed by atoms with Gasteiger partial charge in [-0.15, -0.1) is 0 Å². The Labute approximate surface area is 161 Å². The summed E-state index contributed by atoms with van der Waals surface area (Å²) in [6, 6.07) is 20.4. The molecule has 0 heterocycles. The predicted molar refractivity (Wildman–Crippen MR) is 102 cm³/mol. The molecule has 0 aliphatic heterocycles. The molecule has 0 fully saturated rings. The van der Waals surface area contributed by atoms with Gasteiger partial charge in [-0.1, -0.05) is 59.6 Å². The highest BCUT2D eigenvalue weighted by Gasteiger charge is 2.13.